The summed E-state index contributed by atoms with van der Waals surface area (Å²) < 4.78 is 143. The number of amides is 1. The molecule has 0 aromatic carbocycles. The fraction of sp³-hybridized carbons (Fsp3) is 0.579. The molecule has 1 aliphatic rings. The molecule has 0 atom stereocenters. The van der Waals surface area contributed by atoms with Crippen LogP contribution in [0.1, 0.15) is 78.9 Å². The monoisotopic (exact) mass is 417 g/mol. The van der Waals surface area contributed by atoms with Gasteiger partial charge >= 0.3 is 29.6 Å². The number of pyridine rings is 1. The molecule has 0 aliphatic carbocycles. The fourth-order valence-corrected chi connectivity index (χ4v) is 3.23. The second kappa shape index (κ2) is 10.1. The number of nitrogens with zero attached hydrogens (tertiary/aromatic N) is 2. The minimum Gasteiger partial charge on any atom is -0.871 e. The molecule has 27 heavy (non-hydrogen) atoms. The van der Waals surface area contributed by atoms with Gasteiger partial charge in [-0.05, 0) is 63.9 Å². The number of carbonyl (C=O) groups excluding carboxylic acids is 1. The summed E-state index contributed by atoms with van der Waals surface area (Å²) >= 11 is 0.566. The first-order valence-electron chi connectivity index (χ1n) is 16.3. The van der Waals surface area contributed by atoms with Crippen LogP contribution in [0.4, 0.5) is 0 Å². The third kappa shape index (κ3) is 4.95. The number of aromatic nitrogens is 1. The molecule has 0 saturated carbocycles. The smallest absolute Gasteiger partial charge is 0.871 e. The zero-order valence-electron chi connectivity index (χ0n) is 32.3. The fourth-order valence-electron chi connectivity index (χ4n) is 2.33. The van der Waals surface area contributed by atoms with Gasteiger partial charge in [-0.1, -0.05) is 12.1 Å². The van der Waals surface area contributed by atoms with Crippen molar-refractivity contribution in [1.82, 2.24) is 14.8 Å². The number of hydrogen-bond donors (Lipinski definition) is 1. The SMILES string of the molecule is [2H]N(CCCN1C([2H])([2H])C([2H])([2H])C([2H])([2H])C([2H])([2H])C1([2H])[2H])C(=O)c1c([O-])c2ccsc2n(C([2H])(C([2H])([2H])[2H])C([2H])([2H])[2H])c1=O.[Na+]. The van der Waals surface area contributed by atoms with Crippen LogP contribution in [-0.2, 0) is 0 Å². The number of piperidine rings is 1. The Bertz CT molecular complexity index is 1470. The van der Waals surface area contributed by atoms with Crippen LogP contribution >= 0.6 is 11.3 Å². The van der Waals surface area contributed by atoms with Gasteiger partial charge in [0.2, 0.25) is 0 Å². The van der Waals surface area contributed by atoms with Crippen LogP contribution in [0.15, 0.2) is 16.2 Å². The molecule has 1 amide bonds. The number of nitrogens with one attached hydrogen (secondary N) is 1. The molecule has 0 spiro atoms. The normalized spacial score (nSPS) is 35.6. The van der Waals surface area contributed by atoms with E-state index < -0.39 is 104 Å². The molecule has 142 valence electrons. The summed E-state index contributed by atoms with van der Waals surface area (Å²) in [5.41, 5.74) is -3.15. The summed E-state index contributed by atoms with van der Waals surface area (Å²) in [6, 6.07) is -2.62. The first kappa shape index (κ1) is 8.11. The molecular weight excluding hydrogens is 373 g/mol. The van der Waals surface area contributed by atoms with E-state index in [9.17, 15) is 14.7 Å². The molecular formula is C19H26N3NaO3S. The maximum Gasteiger partial charge on any atom is 1.00 e. The van der Waals surface area contributed by atoms with Gasteiger partial charge < -0.3 is 15.3 Å². The van der Waals surface area contributed by atoms with Gasteiger partial charge in [-0.3, -0.25) is 14.2 Å². The van der Waals surface area contributed by atoms with Crippen LogP contribution in [0.25, 0.3) is 10.2 Å². The first-order valence-corrected chi connectivity index (χ1v) is 8.28. The van der Waals surface area contributed by atoms with Gasteiger partial charge in [-0.15, -0.1) is 11.3 Å². The van der Waals surface area contributed by atoms with E-state index in [0.717, 1.165) is 6.07 Å². The molecule has 3 heterocycles. The third-order valence-corrected chi connectivity index (χ3v) is 4.37. The van der Waals surface area contributed by atoms with E-state index in [1.807, 2.05) is 0 Å². The zero-order chi connectivity index (χ0) is 34.4. The Labute approximate surface area is 211 Å². The van der Waals surface area contributed by atoms with Crippen molar-refractivity contribution >= 4 is 27.5 Å². The summed E-state index contributed by atoms with van der Waals surface area (Å²) in [7, 11) is 0. The Morgan fingerprint density at radius 1 is 1.48 bits per heavy atom. The van der Waals surface area contributed by atoms with Crippen molar-refractivity contribution in [2.45, 2.75) is 45.3 Å². The topological polar surface area (TPSA) is 77.4 Å². The number of hydrogen-bond acceptors (Lipinski definition) is 5. The predicted molar refractivity (Wildman–Crippen MR) is 103 cm³/mol. The van der Waals surface area contributed by atoms with E-state index in [-0.39, 0.29) is 44.3 Å². The van der Waals surface area contributed by atoms with E-state index in [1.165, 1.54) is 5.38 Å². The maximum absolute atomic E-state index is 13.5. The van der Waals surface area contributed by atoms with Gasteiger partial charge in [0, 0.05) is 39.9 Å². The molecule has 0 bridgehead atoms. The van der Waals surface area contributed by atoms with Crippen molar-refractivity contribution < 1.29 is 64.2 Å². The van der Waals surface area contributed by atoms with Gasteiger partial charge in [0.25, 0.3) is 11.5 Å². The number of thiophene rings is 1. The first-order chi connectivity index (χ1) is 19.5. The average Bonchev–Trinajstić information content (AvgIpc) is 3.33. The van der Waals surface area contributed by atoms with Crippen LogP contribution in [0.3, 0.4) is 0 Å². The van der Waals surface area contributed by atoms with E-state index in [4.69, 9.17) is 24.7 Å². The Balaban J connectivity index is 0.00000705. The molecule has 1 saturated heterocycles. The molecule has 6 nitrogen and oxygen atoms in total. The second-order valence-electron chi connectivity index (χ2n) is 5.12. The van der Waals surface area contributed by atoms with Crippen LogP contribution in [-0.4, -0.2) is 41.5 Å². The van der Waals surface area contributed by atoms with Gasteiger partial charge in [-0.2, -0.15) is 0 Å². The van der Waals surface area contributed by atoms with Crippen LogP contribution in [0, 0.1) is 0 Å². The number of rotatable bonds is 6. The molecule has 3 rings (SSSR count). The molecule has 2 aromatic rings. The Morgan fingerprint density at radius 2 is 2.22 bits per heavy atom. The average molecular weight is 418 g/mol. The van der Waals surface area contributed by atoms with Crippen LogP contribution < -0.4 is 45.5 Å². The molecule has 2 aromatic heterocycles. The molecule has 0 radical (unpaired) electrons. The molecule has 0 unspecified atom stereocenters. The van der Waals surface area contributed by atoms with Crippen molar-refractivity contribution in [1.29, 1.82) is 0 Å². The van der Waals surface area contributed by atoms with Gasteiger partial charge in [0.05, 0.1) is 6.93 Å². The van der Waals surface area contributed by atoms with Crippen LogP contribution in [0.2, 0.25) is 1.41 Å². The van der Waals surface area contributed by atoms with Crippen molar-refractivity contribution in [3.05, 3.63) is 27.4 Å². The Morgan fingerprint density at radius 3 is 2.93 bits per heavy atom. The number of fused-ring (bicyclic) bond motifs is 1. The van der Waals surface area contributed by atoms with Crippen molar-refractivity contribution in [3.8, 4) is 5.75 Å². The van der Waals surface area contributed by atoms with E-state index in [1.54, 1.807) is 0 Å². The van der Waals surface area contributed by atoms with Crippen molar-refractivity contribution in [2.24, 2.45) is 0 Å². The zero-order valence-corrected chi connectivity index (χ0v) is 17.1. The van der Waals surface area contributed by atoms with Gasteiger partial charge in [0.1, 0.15) is 4.83 Å². The van der Waals surface area contributed by atoms with Gasteiger partial charge in [-0.25, -0.2) is 0 Å². The summed E-state index contributed by atoms with van der Waals surface area (Å²) in [4.78, 5) is 26.2. The summed E-state index contributed by atoms with van der Waals surface area (Å²) in [5, 5.41) is 13.8. The Hall–Kier alpha value is -0.860. The third-order valence-electron chi connectivity index (χ3n) is 3.48. The molecule has 1 fully saturated rings. The number of carbonyl (C=O) groups is 1. The summed E-state index contributed by atoms with van der Waals surface area (Å²) in [6.07, 6.45) is -11.5. The van der Waals surface area contributed by atoms with Crippen LogP contribution in [0.5, 0.6) is 5.75 Å². The molecule has 1 N–H and O–H groups in total. The minimum atomic E-state index is -3.69. The van der Waals surface area contributed by atoms with Crippen molar-refractivity contribution in [3.63, 3.8) is 0 Å². The standard InChI is InChI=1S/C19H27N3O3S.Na/c1-13(2)22-18(25)15(16(23)14-7-12-26-19(14)22)17(24)20-8-6-11-21-9-4-3-5-10-21;/h7,12-13,23H,3-6,8-11H2,1-2H3,(H,20,24);/q;+1/p-1/i1D3,2D3,3D2,4D2,5D2,9D2,10D2,13D;/hD. The van der Waals surface area contributed by atoms with Gasteiger partial charge in [0.15, 0.2) is 1.41 Å². The molecule has 8 heteroatoms. The second-order valence-corrected chi connectivity index (χ2v) is 6.02. The largest absolute Gasteiger partial charge is 1.00 e. The van der Waals surface area contributed by atoms with Crippen molar-refractivity contribution in [2.75, 3.05) is 26.1 Å². The predicted octanol–water partition coefficient (Wildman–Crippen LogP) is -0.673. The number of likely N-dealkylation sites (tertiary alicyclic amines) is 1. The maximum atomic E-state index is 13.5. The van der Waals surface area contributed by atoms with E-state index >= 15 is 0 Å². The van der Waals surface area contributed by atoms with E-state index in [0.29, 0.717) is 11.3 Å². The van der Waals surface area contributed by atoms with E-state index in [2.05, 4.69) is 0 Å². The minimum absolute atomic E-state index is 0. The summed E-state index contributed by atoms with van der Waals surface area (Å²) in [5.74, 6) is -2.97. The Kier molecular flexibility index (Phi) is 3.02. The quantitative estimate of drug-likeness (QED) is 0.633. The molecule has 1 aliphatic heterocycles. The summed E-state index contributed by atoms with van der Waals surface area (Å²) in [6.45, 7) is -16.0.